The summed E-state index contributed by atoms with van der Waals surface area (Å²) < 4.78 is 0. The lowest BCUT2D eigenvalue weighted by atomic mass is 9.83. The van der Waals surface area contributed by atoms with Gasteiger partial charge in [-0.25, -0.2) is 4.98 Å². The number of nitrogens with zero attached hydrogens (tertiary/aromatic N) is 2. The Kier molecular flexibility index (Phi) is 2.79. The Morgan fingerprint density at radius 3 is 2.59 bits per heavy atom. The van der Waals surface area contributed by atoms with Crippen LogP contribution in [0.1, 0.15) is 24.2 Å². The van der Waals surface area contributed by atoms with E-state index in [-0.39, 0.29) is 5.92 Å². The molecule has 17 heavy (non-hydrogen) atoms. The van der Waals surface area contributed by atoms with Crippen LogP contribution in [0.5, 0.6) is 0 Å². The number of aromatic nitrogens is 1. The van der Waals surface area contributed by atoms with Gasteiger partial charge in [0.2, 0.25) is 5.91 Å². The van der Waals surface area contributed by atoms with Crippen molar-refractivity contribution in [3.8, 4) is 0 Å². The summed E-state index contributed by atoms with van der Waals surface area (Å²) in [5, 5.41) is 10.1. The molecule has 2 rings (SSSR count). The van der Waals surface area contributed by atoms with E-state index in [2.05, 4.69) is 4.98 Å². The van der Waals surface area contributed by atoms with Gasteiger partial charge in [0.05, 0.1) is 18.7 Å². The van der Waals surface area contributed by atoms with Crippen LogP contribution in [0.25, 0.3) is 0 Å². The maximum atomic E-state index is 10.9. The van der Waals surface area contributed by atoms with E-state index in [0.29, 0.717) is 18.7 Å². The molecule has 0 unspecified atom stereocenters. The van der Waals surface area contributed by atoms with Gasteiger partial charge in [-0.3, -0.25) is 4.79 Å². The second-order valence-corrected chi connectivity index (χ2v) is 4.88. The zero-order valence-corrected chi connectivity index (χ0v) is 10.1. The number of pyridine rings is 1. The number of carbonyl (C=O) groups is 1. The summed E-state index contributed by atoms with van der Waals surface area (Å²) in [5.74, 6) is 0.510. The highest BCUT2D eigenvalue weighted by Crippen LogP contribution is 2.31. The zero-order valence-electron chi connectivity index (χ0n) is 10.1. The number of aliphatic hydroxyl groups is 1. The molecular formula is C12H17N3O2. The number of amides is 1. The van der Waals surface area contributed by atoms with E-state index in [1.54, 1.807) is 12.1 Å². The van der Waals surface area contributed by atoms with Gasteiger partial charge in [0.25, 0.3) is 0 Å². The fraction of sp³-hybridized carbons (Fsp3) is 0.500. The lowest BCUT2D eigenvalue weighted by Crippen LogP contribution is -2.65. The fourth-order valence-electron chi connectivity index (χ4n) is 1.86. The van der Waals surface area contributed by atoms with Crippen LogP contribution in [0.15, 0.2) is 18.3 Å². The molecule has 1 aromatic heterocycles. The topological polar surface area (TPSA) is 79.5 Å². The molecule has 0 spiro atoms. The predicted molar refractivity (Wildman–Crippen MR) is 64.8 cm³/mol. The largest absolute Gasteiger partial charge is 0.386 e. The first-order chi connectivity index (χ1) is 7.92. The van der Waals surface area contributed by atoms with Crippen LogP contribution in [0.3, 0.4) is 0 Å². The third kappa shape index (κ3) is 2.10. The first-order valence-corrected chi connectivity index (χ1v) is 5.65. The molecule has 1 aliphatic rings. The zero-order chi connectivity index (χ0) is 12.6. The molecule has 0 saturated carbocycles. The van der Waals surface area contributed by atoms with Crippen molar-refractivity contribution in [1.82, 2.24) is 4.98 Å². The van der Waals surface area contributed by atoms with Crippen LogP contribution in [-0.4, -0.2) is 34.7 Å². The van der Waals surface area contributed by atoms with Crippen LogP contribution in [0.4, 0.5) is 5.82 Å². The first-order valence-electron chi connectivity index (χ1n) is 5.65. The highest BCUT2D eigenvalue weighted by molar-refractivity contribution is 5.92. The van der Waals surface area contributed by atoms with Gasteiger partial charge in [-0.2, -0.15) is 0 Å². The Balaban J connectivity index is 2.04. The number of hydrogen-bond donors (Lipinski definition) is 2. The number of anilines is 1. The second-order valence-electron chi connectivity index (χ2n) is 4.88. The average Bonchev–Trinajstić information content (AvgIpc) is 2.24. The third-order valence-electron chi connectivity index (χ3n) is 3.36. The first kappa shape index (κ1) is 11.9. The van der Waals surface area contributed by atoms with Gasteiger partial charge < -0.3 is 15.7 Å². The Morgan fingerprint density at radius 2 is 2.18 bits per heavy atom. The van der Waals surface area contributed by atoms with Crippen molar-refractivity contribution in [2.75, 3.05) is 18.0 Å². The van der Waals surface area contributed by atoms with E-state index in [9.17, 15) is 9.90 Å². The molecule has 1 amide bonds. The maximum absolute atomic E-state index is 10.9. The molecule has 1 aliphatic heterocycles. The van der Waals surface area contributed by atoms with Crippen molar-refractivity contribution in [3.05, 3.63) is 23.9 Å². The monoisotopic (exact) mass is 235 g/mol. The number of primary amides is 1. The summed E-state index contributed by atoms with van der Waals surface area (Å²) in [7, 11) is 0. The van der Waals surface area contributed by atoms with E-state index in [4.69, 9.17) is 5.73 Å². The fourth-order valence-corrected chi connectivity index (χ4v) is 1.86. The predicted octanol–water partition coefficient (Wildman–Crippen LogP) is 0.388. The molecule has 0 aliphatic carbocycles. The van der Waals surface area contributed by atoms with E-state index in [0.717, 1.165) is 5.82 Å². The van der Waals surface area contributed by atoms with Crippen molar-refractivity contribution in [3.63, 3.8) is 0 Å². The summed E-state index contributed by atoms with van der Waals surface area (Å²) in [6.07, 6.45) is 1.46. The molecule has 5 nitrogen and oxygen atoms in total. The van der Waals surface area contributed by atoms with Crippen molar-refractivity contribution in [2.45, 2.75) is 19.4 Å². The highest BCUT2D eigenvalue weighted by Gasteiger charge is 2.44. The molecule has 3 N–H and O–H groups in total. The quantitative estimate of drug-likeness (QED) is 0.794. The van der Waals surface area contributed by atoms with Gasteiger partial charge in [0.1, 0.15) is 11.4 Å². The molecule has 0 atom stereocenters. The van der Waals surface area contributed by atoms with Gasteiger partial charge in [-0.15, -0.1) is 0 Å². The Bertz CT molecular complexity index is 422. The molecule has 2 heterocycles. The number of β-amino-alcohol motifs (C(OH)–C–C–N with tert-alkyl or cyclic N) is 1. The SMILES string of the molecule is CC(C)C1(O)CN(c2ccc(C(N)=O)cn2)C1. The van der Waals surface area contributed by atoms with Crippen LogP contribution in [0, 0.1) is 5.92 Å². The molecule has 5 heteroatoms. The third-order valence-corrected chi connectivity index (χ3v) is 3.36. The Labute approximate surface area is 100 Å². The lowest BCUT2D eigenvalue weighted by molar-refractivity contribution is -0.0304. The van der Waals surface area contributed by atoms with Gasteiger partial charge in [-0.05, 0) is 18.1 Å². The summed E-state index contributed by atoms with van der Waals surface area (Å²) in [6.45, 7) is 5.16. The van der Waals surface area contributed by atoms with Crippen molar-refractivity contribution in [2.24, 2.45) is 11.7 Å². The van der Waals surface area contributed by atoms with E-state index in [1.165, 1.54) is 6.20 Å². The van der Waals surface area contributed by atoms with Gasteiger partial charge in [0.15, 0.2) is 0 Å². The normalized spacial score (nSPS) is 18.0. The molecule has 1 saturated heterocycles. The van der Waals surface area contributed by atoms with Crippen LogP contribution in [-0.2, 0) is 0 Å². The molecule has 0 bridgehead atoms. The standard InChI is InChI=1S/C12H17N3O2/c1-8(2)12(17)6-15(7-12)10-4-3-9(5-14-10)11(13)16/h3-5,8,17H,6-7H2,1-2H3,(H2,13,16). The summed E-state index contributed by atoms with van der Waals surface area (Å²) in [5.41, 5.74) is 4.91. The number of hydrogen-bond acceptors (Lipinski definition) is 4. The van der Waals surface area contributed by atoms with E-state index in [1.807, 2.05) is 18.7 Å². The minimum atomic E-state index is -0.621. The van der Waals surface area contributed by atoms with Crippen molar-refractivity contribution >= 4 is 11.7 Å². The average molecular weight is 235 g/mol. The van der Waals surface area contributed by atoms with Gasteiger partial charge in [0, 0.05) is 6.20 Å². The maximum Gasteiger partial charge on any atom is 0.250 e. The molecule has 0 aromatic carbocycles. The molecular weight excluding hydrogens is 218 g/mol. The number of rotatable bonds is 3. The van der Waals surface area contributed by atoms with E-state index >= 15 is 0 Å². The molecule has 1 fully saturated rings. The van der Waals surface area contributed by atoms with Crippen molar-refractivity contribution < 1.29 is 9.90 Å². The summed E-state index contributed by atoms with van der Waals surface area (Å²) >= 11 is 0. The van der Waals surface area contributed by atoms with Crippen LogP contribution in [0.2, 0.25) is 0 Å². The number of nitrogens with two attached hydrogens (primary N) is 1. The Hall–Kier alpha value is -1.62. The summed E-state index contributed by atoms with van der Waals surface area (Å²) in [6, 6.07) is 3.40. The molecule has 1 aromatic rings. The van der Waals surface area contributed by atoms with Crippen molar-refractivity contribution in [1.29, 1.82) is 0 Å². The second kappa shape index (κ2) is 4.00. The van der Waals surface area contributed by atoms with Gasteiger partial charge in [-0.1, -0.05) is 13.8 Å². The minimum Gasteiger partial charge on any atom is -0.386 e. The Morgan fingerprint density at radius 1 is 1.53 bits per heavy atom. The summed E-state index contributed by atoms with van der Waals surface area (Å²) in [4.78, 5) is 17.0. The van der Waals surface area contributed by atoms with E-state index < -0.39 is 11.5 Å². The smallest absolute Gasteiger partial charge is 0.250 e. The lowest BCUT2D eigenvalue weighted by Gasteiger charge is -2.49. The molecule has 92 valence electrons. The number of carbonyl (C=O) groups excluding carboxylic acids is 1. The minimum absolute atomic E-state index is 0.226. The highest BCUT2D eigenvalue weighted by atomic mass is 16.3. The van der Waals surface area contributed by atoms with Crippen LogP contribution < -0.4 is 10.6 Å². The molecule has 0 radical (unpaired) electrons. The van der Waals surface area contributed by atoms with Gasteiger partial charge >= 0.3 is 0 Å². The van der Waals surface area contributed by atoms with Crippen LogP contribution >= 0.6 is 0 Å².